The van der Waals surface area contributed by atoms with Gasteiger partial charge in [-0.25, -0.2) is 0 Å². The van der Waals surface area contributed by atoms with E-state index in [1.54, 1.807) is 25.1 Å². The van der Waals surface area contributed by atoms with Crippen molar-refractivity contribution in [3.63, 3.8) is 0 Å². The predicted molar refractivity (Wildman–Crippen MR) is 60.5 cm³/mol. The molecular weight excluding hydrogens is 242 g/mol. The molecule has 1 aromatic rings. The zero-order chi connectivity index (χ0) is 10.7. The Morgan fingerprint density at radius 3 is 2.57 bits per heavy atom. The number of benzene rings is 1. The maximum Gasteiger partial charge on any atom is 0.154 e. The number of alkyl halides is 1. The summed E-state index contributed by atoms with van der Waals surface area (Å²) in [5.74, 6) is -0.0455. The third-order valence-corrected chi connectivity index (χ3v) is 2.65. The van der Waals surface area contributed by atoms with Gasteiger partial charge in [0, 0.05) is 16.5 Å². The third-order valence-electron chi connectivity index (χ3n) is 1.82. The summed E-state index contributed by atoms with van der Waals surface area (Å²) in [6.45, 7) is 1.65. The molecule has 0 fully saturated rings. The molecule has 0 aliphatic carbocycles. The van der Waals surface area contributed by atoms with Gasteiger partial charge < -0.3 is 0 Å². The Balaban J connectivity index is 2.82. The van der Waals surface area contributed by atoms with E-state index in [-0.39, 0.29) is 12.2 Å². The molecule has 1 atom stereocenters. The summed E-state index contributed by atoms with van der Waals surface area (Å²) >= 11 is 17.3. The number of carbonyl (C=O) groups excluding carboxylic acids is 1. The van der Waals surface area contributed by atoms with Crippen LogP contribution in [0.15, 0.2) is 18.2 Å². The summed E-state index contributed by atoms with van der Waals surface area (Å²) in [5, 5.41) is 0.579. The van der Waals surface area contributed by atoms with Crippen LogP contribution in [0.2, 0.25) is 10.0 Å². The molecule has 4 heteroatoms. The molecule has 0 aromatic heterocycles. The highest BCUT2D eigenvalue weighted by molar-refractivity contribution is 6.35. The quantitative estimate of drug-likeness (QED) is 0.748. The monoisotopic (exact) mass is 250 g/mol. The Morgan fingerprint density at radius 2 is 2.07 bits per heavy atom. The van der Waals surface area contributed by atoms with Crippen LogP contribution in [-0.4, -0.2) is 11.2 Å². The normalized spacial score (nSPS) is 12.6. The van der Waals surface area contributed by atoms with E-state index in [2.05, 4.69) is 0 Å². The van der Waals surface area contributed by atoms with Gasteiger partial charge >= 0.3 is 0 Å². The van der Waals surface area contributed by atoms with Crippen molar-refractivity contribution in [2.24, 2.45) is 0 Å². The van der Waals surface area contributed by atoms with Crippen LogP contribution >= 0.6 is 34.8 Å². The molecule has 0 heterocycles. The van der Waals surface area contributed by atoms with E-state index in [1.165, 1.54) is 0 Å². The minimum atomic E-state index is -0.484. The van der Waals surface area contributed by atoms with Gasteiger partial charge in [0.15, 0.2) is 5.78 Å². The molecule has 1 aromatic carbocycles. The highest BCUT2D eigenvalue weighted by atomic mass is 35.5. The van der Waals surface area contributed by atoms with Gasteiger partial charge in [0.25, 0.3) is 0 Å². The molecule has 0 spiro atoms. The Bertz CT molecular complexity index is 347. The second-order valence-electron chi connectivity index (χ2n) is 2.99. The topological polar surface area (TPSA) is 17.1 Å². The lowest BCUT2D eigenvalue weighted by Crippen LogP contribution is -2.13. The average Bonchev–Trinajstić information content (AvgIpc) is 2.09. The first kappa shape index (κ1) is 11.8. The molecule has 0 aliphatic heterocycles. The smallest absolute Gasteiger partial charge is 0.154 e. The van der Waals surface area contributed by atoms with Crippen molar-refractivity contribution < 1.29 is 4.79 Å². The van der Waals surface area contributed by atoms with Crippen molar-refractivity contribution in [3.8, 4) is 0 Å². The van der Waals surface area contributed by atoms with Crippen molar-refractivity contribution >= 4 is 40.6 Å². The maximum atomic E-state index is 11.3. The van der Waals surface area contributed by atoms with E-state index < -0.39 is 5.38 Å². The summed E-state index contributed by atoms with van der Waals surface area (Å²) in [6.07, 6.45) is 0.251. The van der Waals surface area contributed by atoms with Crippen LogP contribution in [-0.2, 0) is 11.2 Å². The molecule has 0 bridgehead atoms. The zero-order valence-electron chi connectivity index (χ0n) is 7.56. The van der Waals surface area contributed by atoms with E-state index in [0.717, 1.165) is 5.56 Å². The molecule has 14 heavy (non-hydrogen) atoms. The number of carbonyl (C=O) groups is 1. The summed E-state index contributed by atoms with van der Waals surface area (Å²) in [5.41, 5.74) is 0.758. The number of ketones is 1. The first-order valence-electron chi connectivity index (χ1n) is 4.11. The minimum Gasteiger partial charge on any atom is -0.298 e. The van der Waals surface area contributed by atoms with Crippen molar-refractivity contribution in [2.45, 2.75) is 18.7 Å². The van der Waals surface area contributed by atoms with E-state index in [0.29, 0.717) is 10.0 Å². The van der Waals surface area contributed by atoms with E-state index in [1.807, 2.05) is 0 Å². The van der Waals surface area contributed by atoms with Gasteiger partial charge in [-0.15, -0.1) is 11.6 Å². The lowest BCUT2D eigenvalue weighted by atomic mass is 10.1. The lowest BCUT2D eigenvalue weighted by molar-refractivity contribution is -0.117. The van der Waals surface area contributed by atoms with E-state index >= 15 is 0 Å². The van der Waals surface area contributed by atoms with E-state index in [4.69, 9.17) is 34.8 Å². The van der Waals surface area contributed by atoms with Gasteiger partial charge in [-0.1, -0.05) is 29.3 Å². The Morgan fingerprint density at radius 1 is 1.43 bits per heavy atom. The maximum absolute atomic E-state index is 11.3. The molecule has 1 unspecified atom stereocenters. The summed E-state index contributed by atoms with van der Waals surface area (Å²) < 4.78 is 0. The van der Waals surface area contributed by atoms with Crippen molar-refractivity contribution in [2.75, 3.05) is 0 Å². The zero-order valence-corrected chi connectivity index (χ0v) is 9.83. The molecule has 0 aliphatic rings. The highest BCUT2D eigenvalue weighted by Crippen LogP contribution is 2.22. The number of hydrogen-bond donors (Lipinski definition) is 0. The Labute approximate surface area is 98.0 Å². The number of Topliss-reactive ketones (excluding diaryl/α,β-unsaturated/α-hetero) is 1. The largest absolute Gasteiger partial charge is 0.298 e. The number of halogens is 3. The van der Waals surface area contributed by atoms with Crippen LogP contribution in [0.3, 0.4) is 0 Å². The molecule has 1 rings (SSSR count). The second kappa shape index (κ2) is 5.01. The molecule has 0 N–H and O–H groups in total. The SMILES string of the molecule is CC(Cl)C(=O)Cc1ccc(Cl)cc1Cl. The highest BCUT2D eigenvalue weighted by Gasteiger charge is 2.12. The minimum absolute atomic E-state index is 0.0455. The van der Waals surface area contributed by atoms with Gasteiger partial charge in [0.1, 0.15) is 0 Å². The average molecular weight is 252 g/mol. The van der Waals surface area contributed by atoms with Gasteiger partial charge in [0.2, 0.25) is 0 Å². The molecular formula is C10H9Cl3O. The van der Waals surface area contributed by atoms with Gasteiger partial charge in [-0.2, -0.15) is 0 Å². The predicted octanol–water partition coefficient (Wildman–Crippen LogP) is 3.73. The fraction of sp³-hybridized carbons (Fsp3) is 0.300. The van der Waals surface area contributed by atoms with Crippen molar-refractivity contribution in [1.29, 1.82) is 0 Å². The fourth-order valence-electron chi connectivity index (χ4n) is 0.993. The summed E-state index contributed by atoms with van der Waals surface area (Å²) in [6, 6.07) is 5.06. The summed E-state index contributed by atoms with van der Waals surface area (Å²) in [4.78, 5) is 11.3. The lowest BCUT2D eigenvalue weighted by Gasteiger charge is -2.05. The fourth-order valence-corrected chi connectivity index (χ4v) is 1.55. The molecule has 0 saturated carbocycles. The molecule has 0 amide bonds. The number of rotatable bonds is 3. The third kappa shape index (κ3) is 3.16. The molecule has 1 nitrogen and oxygen atoms in total. The van der Waals surface area contributed by atoms with Crippen molar-refractivity contribution in [1.82, 2.24) is 0 Å². The first-order chi connectivity index (χ1) is 6.50. The van der Waals surface area contributed by atoms with Crippen LogP contribution in [0.5, 0.6) is 0 Å². The Hall–Kier alpha value is -0.240. The van der Waals surface area contributed by atoms with Crippen LogP contribution in [0.4, 0.5) is 0 Å². The summed E-state index contributed by atoms with van der Waals surface area (Å²) in [7, 11) is 0. The van der Waals surface area contributed by atoms with Gasteiger partial charge in [-0.3, -0.25) is 4.79 Å². The van der Waals surface area contributed by atoms with Crippen LogP contribution < -0.4 is 0 Å². The standard InChI is InChI=1S/C10H9Cl3O/c1-6(11)10(14)4-7-2-3-8(12)5-9(7)13/h2-3,5-6H,4H2,1H3. The first-order valence-corrected chi connectivity index (χ1v) is 5.30. The van der Waals surface area contributed by atoms with E-state index in [9.17, 15) is 4.79 Å². The van der Waals surface area contributed by atoms with Gasteiger partial charge in [-0.05, 0) is 24.6 Å². The second-order valence-corrected chi connectivity index (χ2v) is 4.49. The van der Waals surface area contributed by atoms with Crippen molar-refractivity contribution in [3.05, 3.63) is 33.8 Å². The van der Waals surface area contributed by atoms with Gasteiger partial charge in [0.05, 0.1) is 5.38 Å². The molecule has 0 radical (unpaired) electrons. The molecule has 76 valence electrons. The molecule has 0 saturated heterocycles. The van der Waals surface area contributed by atoms with Crippen LogP contribution in [0.25, 0.3) is 0 Å². The van der Waals surface area contributed by atoms with Crippen LogP contribution in [0.1, 0.15) is 12.5 Å². The number of hydrogen-bond acceptors (Lipinski definition) is 1. The van der Waals surface area contributed by atoms with Crippen LogP contribution in [0, 0.1) is 0 Å². The Kier molecular flexibility index (Phi) is 4.24.